The van der Waals surface area contributed by atoms with E-state index in [9.17, 15) is 0 Å². The second-order valence-electron chi connectivity index (χ2n) is 5.17. The maximum absolute atomic E-state index is 5.56. The van der Waals surface area contributed by atoms with Crippen LogP contribution in [0.3, 0.4) is 0 Å². The molecule has 0 spiro atoms. The highest BCUT2D eigenvalue weighted by atomic mass is 32.1. The Morgan fingerprint density at radius 1 is 1.28 bits per heavy atom. The summed E-state index contributed by atoms with van der Waals surface area (Å²) in [7, 11) is 0. The minimum atomic E-state index is 0.333. The Morgan fingerprint density at radius 3 is 2.56 bits per heavy atom. The number of aromatic nitrogens is 1. The van der Waals surface area contributed by atoms with Gasteiger partial charge in [-0.25, -0.2) is 4.98 Å². The number of nitrogens with one attached hydrogen (secondary N) is 1. The van der Waals surface area contributed by atoms with Gasteiger partial charge < -0.3 is 10.1 Å². The lowest BCUT2D eigenvalue weighted by atomic mass is 10.2. The molecule has 104 valence electrons. The van der Waals surface area contributed by atoms with Crippen LogP contribution in [0.1, 0.15) is 48.8 Å². The van der Waals surface area contributed by atoms with Crippen molar-refractivity contribution in [3.05, 3.63) is 15.6 Å². The van der Waals surface area contributed by atoms with Crippen molar-refractivity contribution in [2.24, 2.45) is 5.92 Å². The minimum Gasteiger partial charge on any atom is -0.381 e. The van der Waals surface area contributed by atoms with Crippen molar-refractivity contribution in [3.8, 4) is 0 Å². The molecule has 0 bridgehead atoms. The Kier molecular flexibility index (Phi) is 6.82. The van der Waals surface area contributed by atoms with Crippen molar-refractivity contribution >= 4 is 11.3 Å². The van der Waals surface area contributed by atoms with Crippen LogP contribution in [0.5, 0.6) is 0 Å². The average Bonchev–Trinajstić information content (AvgIpc) is 2.62. The molecule has 0 aliphatic carbocycles. The van der Waals surface area contributed by atoms with Gasteiger partial charge >= 0.3 is 0 Å². The van der Waals surface area contributed by atoms with Gasteiger partial charge in [-0.05, 0) is 39.7 Å². The predicted octanol–water partition coefficient (Wildman–Crippen LogP) is 3.47. The van der Waals surface area contributed by atoms with E-state index in [0.29, 0.717) is 12.0 Å². The van der Waals surface area contributed by atoms with E-state index in [2.05, 4.69) is 44.9 Å². The van der Waals surface area contributed by atoms with Crippen molar-refractivity contribution in [2.75, 3.05) is 19.8 Å². The van der Waals surface area contributed by atoms with Gasteiger partial charge in [-0.15, -0.1) is 11.3 Å². The predicted molar refractivity (Wildman–Crippen MR) is 78.3 cm³/mol. The van der Waals surface area contributed by atoms with Crippen LogP contribution in [0.2, 0.25) is 0 Å². The summed E-state index contributed by atoms with van der Waals surface area (Å²) in [6, 6.07) is 0.333. The molecule has 0 fully saturated rings. The van der Waals surface area contributed by atoms with Crippen LogP contribution in [0, 0.1) is 19.8 Å². The zero-order valence-electron chi connectivity index (χ0n) is 12.2. The molecule has 1 aromatic heterocycles. The molecule has 1 aromatic rings. The average molecular weight is 270 g/mol. The summed E-state index contributed by atoms with van der Waals surface area (Å²) in [6.07, 6.45) is 1.05. The second-order valence-corrected chi connectivity index (χ2v) is 6.58. The first kappa shape index (κ1) is 15.6. The number of hydrogen-bond donors (Lipinski definition) is 1. The molecule has 1 heterocycles. The summed E-state index contributed by atoms with van der Waals surface area (Å²) in [5.41, 5.74) is 1.19. The normalized spacial score (nSPS) is 13.2. The third kappa shape index (κ3) is 5.46. The lowest BCUT2D eigenvalue weighted by Crippen LogP contribution is -2.22. The SMILES string of the molecule is Cc1nc(C(C)NCCCOCC(C)C)c(C)s1. The van der Waals surface area contributed by atoms with Gasteiger partial charge in [0, 0.05) is 24.1 Å². The van der Waals surface area contributed by atoms with Gasteiger partial charge in [0.2, 0.25) is 0 Å². The zero-order chi connectivity index (χ0) is 13.5. The quantitative estimate of drug-likeness (QED) is 0.734. The molecule has 1 N–H and O–H groups in total. The van der Waals surface area contributed by atoms with E-state index in [0.717, 1.165) is 31.2 Å². The van der Waals surface area contributed by atoms with Gasteiger partial charge in [0.15, 0.2) is 0 Å². The highest BCUT2D eigenvalue weighted by molar-refractivity contribution is 7.11. The Bertz CT molecular complexity index is 350. The van der Waals surface area contributed by atoms with Crippen LogP contribution in [0.4, 0.5) is 0 Å². The molecule has 4 heteroatoms. The molecule has 1 atom stereocenters. The molecule has 0 aliphatic heterocycles. The fraction of sp³-hybridized carbons (Fsp3) is 0.786. The first-order valence-corrected chi connectivity index (χ1v) is 7.57. The number of nitrogens with zero attached hydrogens (tertiary/aromatic N) is 1. The molecule has 0 saturated carbocycles. The second kappa shape index (κ2) is 7.87. The fourth-order valence-electron chi connectivity index (χ4n) is 1.86. The van der Waals surface area contributed by atoms with Crippen molar-refractivity contribution in [3.63, 3.8) is 0 Å². The van der Waals surface area contributed by atoms with Crippen LogP contribution in [-0.4, -0.2) is 24.7 Å². The first-order chi connectivity index (χ1) is 8.50. The topological polar surface area (TPSA) is 34.2 Å². The molecule has 18 heavy (non-hydrogen) atoms. The number of ether oxygens (including phenoxy) is 1. The summed E-state index contributed by atoms with van der Waals surface area (Å²) in [4.78, 5) is 5.90. The van der Waals surface area contributed by atoms with E-state index < -0.39 is 0 Å². The van der Waals surface area contributed by atoms with E-state index in [1.54, 1.807) is 11.3 Å². The minimum absolute atomic E-state index is 0.333. The summed E-state index contributed by atoms with van der Waals surface area (Å²) in [5.74, 6) is 0.623. The standard InChI is InChI=1S/C14H26N2OS/c1-10(2)9-17-8-6-7-15-11(3)14-12(4)18-13(5)16-14/h10-11,15H,6-9H2,1-5H3. The monoisotopic (exact) mass is 270 g/mol. The van der Waals surface area contributed by atoms with E-state index in [4.69, 9.17) is 4.74 Å². The lowest BCUT2D eigenvalue weighted by molar-refractivity contribution is 0.107. The number of aryl methyl sites for hydroxylation is 2. The van der Waals surface area contributed by atoms with Crippen LogP contribution in [0.25, 0.3) is 0 Å². The first-order valence-electron chi connectivity index (χ1n) is 6.75. The van der Waals surface area contributed by atoms with Gasteiger partial charge in [0.1, 0.15) is 0 Å². The molecular formula is C14H26N2OS. The van der Waals surface area contributed by atoms with Gasteiger partial charge in [-0.3, -0.25) is 0 Å². The molecule has 1 unspecified atom stereocenters. The number of hydrogen-bond acceptors (Lipinski definition) is 4. The fourth-order valence-corrected chi connectivity index (χ4v) is 2.77. The molecule has 1 rings (SSSR count). The Balaban J connectivity index is 2.17. The highest BCUT2D eigenvalue weighted by Gasteiger charge is 2.11. The lowest BCUT2D eigenvalue weighted by Gasteiger charge is -2.13. The summed E-state index contributed by atoms with van der Waals surface area (Å²) in [5, 5.41) is 4.65. The van der Waals surface area contributed by atoms with E-state index in [1.807, 2.05) is 0 Å². The van der Waals surface area contributed by atoms with Gasteiger partial charge in [0.25, 0.3) is 0 Å². The van der Waals surface area contributed by atoms with Crippen LogP contribution in [0.15, 0.2) is 0 Å². The molecule has 0 aromatic carbocycles. The maximum atomic E-state index is 5.56. The van der Waals surface area contributed by atoms with Crippen molar-refractivity contribution in [2.45, 2.75) is 47.1 Å². The highest BCUT2D eigenvalue weighted by Crippen LogP contribution is 2.22. The third-order valence-corrected chi connectivity index (χ3v) is 3.62. The third-order valence-electron chi connectivity index (χ3n) is 2.72. The summed E-state index contributed by atoms with van der Waals surface area (Å²) < 4.78 is 5.56. The molecule has 3 nitrogen and oxygen atoms in total. The van der Waals surface area contributed by atoms with E-state index in [1.165, 1.54) is 10.6 Å². The Labute approximate surface area is 115 Å². The van der Waals surface area contributed by atoms with Gasteiger partial charge in [-0.2, -0.15) is 0 Å². The molecule has 0 saturated heterocycles. The smallest absolute Gasteiger partial charge is 0.0900 e. The van der Waals surface area contributed by atoms with Crippen LogP contribution in [-0.2, 0) is 4.74 Å². The largest absolute Gasteiger partial charge is 0.381 e. The van der Waals surface area contributed by atoms with Crippen molar-refractivity contribution in [1.82, 2.24) is 10.3 Å². The Morgan fingerprint density at radius 2 is 2.00 bits per heavy atom. The zero-order valence-corrected chi connectivity index (χ0v) is 13.1. The van der Waals surface area contributed by atoms with E-state index in [-0.39, 0.29) is 0 Å². The molecular weight excluding hydrogens is 244 g/mol. The van der Waals surface area contributed by atoms with Gasteiger partial charge in [-0.1, -0.05) is 13.8 Å². The van der Waals surface area contributed by atoms with Crippen LogP contribution >= 0.6 is 11.3 Å². The van der Waals surface area contributed by atoms with Crippen molar-refractivity contribution in [1.29, 1.82) is 0 Å². The van der Waals surface area contributed by atoms with Crippen LogP contribution < -0.4 is 5.32 Å². The number of thiazole rings is 1. The maximum Gasteiger partial charge on any atom is 0.0900 e. The van der Waals surface area contributed by atoms with E-state index >= 15 is 0 Å². The number of rotatable bonds is 8. The van der Waals surface area contributed by atoms with Gasteiger partial charge in [0.05, 0.1) is 10.7 Å². The molecule has 0 amide bonds. The summed E-state index contributed by atoms with van der Waals surface area (Å²) in [6.45, 7) is 13.4. The Hall–Kier alpha value is -0.450. The van der Waals surface area contributed by atoms with Crippen molar-refractivity contribution < 1.29 is 4.74 Å². The summed E-state index contributed by atoms with van der Waals surface area (Å²) >= 11 is 1.77. The molecule has 0 aliphatic rings. The molecule has 0 radical (unpaired) electrons.